The van der Waals surface area contributed by atoms with Gasteiger partial charge in [-0.2, -0.15) is 12.6 Å². The molecule has 1 aromatic carbocycles. The third kappa shape index (κ3) is 2.58. The molecule has 0 amide bonds. The van der Waals surface area contributed by atoms with Crippen molar-refractivity contribution in [3.8, 4) is 0 Å². The van der Waals surface area contributed by atoms with Crippen molar-refractivity contribution >= 4 is 23.5 Å². The summed E-state index contributed by atoms with van der Waals surface area (Å²) in [6.45, 7) is 4.98. The number of benzene rings is 1. The van der Waals surface area contributed by atoms with Crippen LogP contribution in [0.5, 0.6) is 0 Å². The first-order chi connectivity index (χ1) is 8.63. The number of hydrogen-bond donors (Lipinski definition) is 1. The van der Waals surface area contributed by atoms with Crippen molar-refractivity contribution in [2.24, 2.45) is 11.8 Å². The molecule has 0 aliphatic carbocycles. The second-order valence-corrected chi connectivity index (χ2v) is 5.27. The average Bonchev–Trinajstić information content (AvgIpc) is 2.38. The van der Waals surface area contributed by atoms with Crippen molar-refractivity contribution < 1.29 is 0 Å². The number of nitrogens with zero attached hydrogens (tertiary/aromatic N) is 2. The molecule has 0 N–H and O–H groups in total. The minimum atomic E-state index is 0.0352. The standard InChI is InChI=1S/C14H18N2OS/c1-10(2)11(8-18)7-16-9-15-13-6-4-3-5-12(13)14(16)17/h3-6,9-11,18H,7-8H2,1-2H3. The Bertz CT molecular complexity index is 592. The molecule has 2 aromatic rings. The number of rotatable bonds is 4. The number of aromatic nitrogens is 2. The Morgan fingerprint density at radius 1 is 1.33 bits per heavy atom. The summed E-state index contributed by atoms with van der Waals surface area (Å²) >= 11 is 4.36. The molecule has 1 heterocycles. The zero-order chi connectivity index (χ0) is 13.1. The van der Waals surface area contributed by atoms with Gasteiger partial charge in [-0.15, -0.1) is 0 Å². The van der Waals surface area contributed by atoms with E-state index in [1.165, 1.54) is 0 Å². The summed E-state index contributed by atoms with van der Waals surface area (Å²) in [6.07, 6.45) is 1.64. The van der Waals surface area contributed by atoms with Crippen molar-refractivity contribution in [2.75, 3.05) is 5.75 Å². The fraction of sp³-hybridized carbons (Fsp3) is 0.429. The van der Waals surface area contributed by atoms with E-state index in [2.05, 4.69) is 31.5 Å². The van der Waals surface area contributed by atoms with E-state index < -0.39 is 0 Å². The van der Waals surface area contributed by atoms with Gasteiger partial charge in [0.15, 0.2) is 0 Å². The normalized spacial score (nSPS) is 13.1. The van der Waals surface area contributed by atoms with Gasteiger partial charge in [0.1, 0.15) is 0 Å². The van der Waals surface area contributed by atoms with Gasteiger partial charge in [0.2, 0.25) is 0 Å². The predicted octanol–water partition coefficient (Wildman–Crippen LogP) is 2.60. The van der Waals surface area contributed by atoms with Crippen LogP contribution in [-0.2, 0) is 6.54 Å². The zero-order valence-corrected chi connectivity index (χ0v) is 11.6. The summed E-state index contributed by atoms with van der Waals surface area (Å²) in [5.41, 5.74) is 0.791. The Morgan fingerprint density at radius 2 is 2.06 bits per heavy atom. The maximum atomic E-state index is 12.3. The highest BCUT2D eigenvalue weighted by Crippen LogP contribution is 2.14. The molecule has 0 bridgehead atoms. The van der Waals surface area contributed by atoms with Crippen molar-refractivity contribution in [3.63, 3.8) is 0 Å². The summed E-state index contributed by atoms with van der Waals surface area (Å²) in [6, 6.07) is 7.45. The van der Waals surface area contributed by atoms with Crippen molar-refractivity contribution in [1.82, 2.24) is 9.55 Å². The molecule has 3 nitrogen and oxygen atoms in total. The molecule has 1 atom stereocenters. The van der Waals surface area contributed by atoms with E-state index in [0.717, 1.165) is 11.3 Å². The average molecular weight is 262 g/mol. The Hall–Kier alpha value is -1.29. The van der Waals surface area contributed by atoms with Crippen LogP contribution in [0.25, 0.3) is 10.9 Å². The van der Waals surface area contributed by atoms with Crippen molar-refractivity contribution in [3.05, 3.63) is 40.9 Å². The van der Waals surface area contributed by atoms with Gasteiger partial charge in [0.25, 0.3) is 5.56 Å². The van der Waals surface area contributed by atoms with Gasteiger partial charge in [-0.3, -0.25) is 9.36 Å². The Labute approximate surface area is 112 Å². The molecule has 2 rings (SSSR count). The molecular weight excluding hydrogens is 244 g/mol. The minimum Gasteiger partial charge on any atom is -0.298 e. The second kappa shape index (κ2) is 5.57. The van der Waals surface area contributed by atoms with Crippen LogP contribution in [0.3, 0.4) is 0 Å². The van der Waals surface area contributed by atoms with Gasteiger partial charge in [0.05, 0.1) is 17.2 Å². The van der Waals surface area contributed by atoms with Gasteiger partial charge in [-0.25, -0.2) is 4.98 Å². The quantitative estimate of drug-likeness (QED) is 0.860. The topological polar surface area (TPSA) is 34.9 Å². The molecule has 1 aromatic heterocycles. The molecule has 0 spiro atoms. The van der Waals surface area contributed by atoms with Gasteiger partial charge >= 0.3 is 0 Å². The van der Waals surface area contributed by atoms with Crippen LogP contribution in [0.1, 0.15) is 13.8 Å². The smallest absolute Gasteiger partial charge is 0.261 e. The summed E-state index contributed by atoms with van der Waals surface area (Å²) in [5.74, 6) is 1.66. The van der Waals surface area contributed by atoms with E-state index >= 15 is 0 Å². The van der Waals surface area contributed by atoms with Crippen LogP contribution in [0.4, 0.5) is 0 Å². The lowest BCUT2D eigenvalue weighted by molar-refractivity contribution is 0.366. The lowest BCUT2D eigenvalue weighted by Crippen LogP contribution is -2.27. The summed E-state index contributed by atoms with van der Waals surface area (Å²) in [7, 11) is 0. The van der Waals surface area contributed by atoms with E-state index in [1.807, 2.05) is 24.3 Å². The van der Waals surface area contributed by atoms with E-state index in [1.54, 1.807) is 10.9 Å². The molecule has 0 saturated heterocycles. The highest BCUT2D eigenvalue weighted by molar-refractivity contribution is 7.80. The van der Waals surface area contributed by atoms with Gasteiger partial charge < -0.3 is 0 Å². The second-order valence-electron chi connectivity index (χ2n) is 4.91. The SMILES string of the molecule is CC(C)C(CS)Cn1cnc2ccccc2c1=O. The number of fused-ring (bicyclic) bond motifs is 1. The van der Waals surface area contributed by atoms with Crippen molar-refractivity contribution in [1.29, 1.82) is 0 Å². The molecular formula is C14H18N2OS. The molecule has 18 heavy (non-hydrogen) atoms. The van der Waals surface area contributed by atoms with Crippen LogP contribution >= 0.6 is 12.6 Å². The maximum Gasteiger partial charge on any atom is 0.261 e. The Balaban J connectivity index is 2.40. The van der Waals surface area contributed by atoms with Crippen LogP contribution in [0.2, 0.25) is 0 Å². The highest BCUT2D eigenvalue weighted by atomic mass is 32.1. The zero-order valence-electron chi connectivity index (χ0n) is 10.7. The number of thiol groups is 1. The molecule has 0 saturated carbocycles. The van der Waals surface area contributed by atoms with Crippen LogP contribution < -0.4 is 5.56 Å². The first-order valence-corrected chi connectivity index (χ1v) is 6.81. The van der Waals surface area contributed by atoms with Crippen LogP contribution in [0.15, 0.2) is 35.4 Å². The minimum absolute atomic E-state index is 0.0352. The van der Waals surface area contributed by atoms with Crippen LogP contribution in [-0.4, -0.2) is 15.3 Å². The summed E-state index contributed by atoms with van der Waals surface area (Å²) < 4.78 is 1.70. The predicted molar refractivity (Wildman–Crippen MR) is 78.2 cm³/mol. The summed E-state index contributed by atoms with van der Waals surface area (Å²) in [5, 5.41) is 0.682. The number of para-hydroxylation sites is 1. The van der Waals surface area contributed by atoms with Gasteiger partial charge in [-0.05, 0) is 29.7 Å². The van der Waals surface area contributed by atoms with E-state index in [0.29, 0.717) is 23.8 Å². The largest absolute Gasteiger partial charge is 0.298 e. The molecule has 0 radical (unpaired) electrons. The fourth-order valence-corrected chi connectivity index (χ4v) is 2.51. The lowest BCUT2D eigenvalue weighted by Gasteiger charge is -2.19. The monoisotopic (exact) mass is 262 g/mol. The third-order valence-corrected chi connectivity index (χ3v) is 3.81. The Kier molecular flexibility index (Phi) is 4.07. The van der Waals surface area contributed by atoms with Gasteiger partial charge in [0, 0.05) is 6.54 Å². The molecule has 1 unspecified atom stereocenters. The molecule has 0 aliphatic heterocycles. The molecule has 0 fully saturated rings. The van der Waals surface area contributed by atoms with E-state index in [-0.39, 0.29) is 5.56 Å². The fourth-order valence-electron chi connectivity index (χ4n) is 1.97. The molecule has 4 heteroatoms. The highest BCUT2D eigenvalue weighted by Gasteiger charge is 2.13. The van der Waals surface area contributed by atoms with Gasteiger partial charge in [-0.1, -0.05) is 26.0 Å². The third-order valence-electron chi connectivity index (χ3n) is 3.34. The van der Waals surface area contributed by atoms with Crippen molar-refractivity contribution in [2.45, 2.75) is 20.4 Å². The Morgan fingerprint density at radius 3 is 2.72 bits per heavy atom. The lowest BCUT2D eigenvalue weighted by atomic mass is 9.98. The first-order valence-electron chi connectivity index (χ1n) is 6.18. The molecule has 0 aliphatic rings. The summed E-state index contributed by atoms with van der Waals surface area (Å²) in [4.78, 5) is 16.6. The van der Waals surface area contributed by atoms with E-state index in [9.17, 15) is 4.79 Å². The first kappa shape index (κ1) is 13.1. The number of hydrogen-bond acceptors (Lipinski definition) is 3. The molecule has 96 valence electrons. The van der Waals surface area contributed by atoms with E-state index in [4.69, 9.17) is 0 Å². The van der Waals surface area contributed by atoms with Crippen LogP contribution in [0, 0.1) is 11.8 Å². The maximum absolute atomic E-state index is 12.3.